The number of likely N-dealkylation sites (tertiary alicyclic amines) is 1. The first-order chi connectivity index (χ1) is 10.6. The molecule has 118 valence electrons. The van der Waals surface area contributed by atoms with Crippen LogP contribution < -0.4 is 10.3 Å². The van der Waals surface area contributed by atoms with Crippen molar-refractivity contribution in [3.63, 3.8) is 0 Å². The van der Waals surface area contributed by atoms with Gasteiger partial charge in [0.15, 0.2) is 5.43 Å². The van der Waals surface area contributed by atoms with Gasteiger partial charge in [-0.05, 0) is 63.6 Å². The zero-order chi connectivity index (χ0) is 15.7. The van der Waals surface area contributed by atoms with Crippen LogP contribution in [0, 0.1) is 20.8 Å². The van der Waals surface area contributed by atoms with E-state index in [1.54, 1.807) is 4.90 Å². The van der Waals surface area contributed by atoms with E-state index in [9.17, 15) is 4.79 Å². The number of hydrogen-bond acceptors (Lipinski definition) is 1. The molecule has 0 aliphatic carbocycles. The molecule has 2 aromatic rings. The lowest BCUT2D eigenvalue weighted by atomic mass is 10.0. The molecular formula is C19H27N2O+. The number of aromatic amines is 1. The Bertz CT molecular complexity index is 737. The van der Waals surface area contributed by atoms with Crippen LogP contribution in [0.5, 0.6) is 0 Å². The molecule has 0 amide bonds. The fourth-order valence-corrected chi connectivity index (χ4v) is 3.63. The smallest absolute Gasteiger partial charge is 0.198 e. The van der Waals surface area contributed by atoms with Gasteiger partial charge in [-0.3, -0.25) is 4.79 Å². The highest BCUT2D eigenvalue weighted by Crippen LogP contribution is 2.18. The third-order valence-electron chi connectivity index (χ3n) is 5.26. The predicted octanol–water partition coefficient (Wildman–Crippen LogP) is 2.41. The zero-order valence-corrected chi connectivity index (χ0v) is 14.0. The Morgan fingerprint density at radius 1 is 1.05 bits per heavy atom. The molecule has 1 aromatic carbocycles. The van der Waals surface area contributed by atoms with Crippen molar-refractivity contribution in [1.82, 2.24) is 4.98 Å². The van der Waals surface area contributed by atoms with Gasteiger partial charge < -0.3 is 9.88 Å². The molecule has 0 radical (unpaired) electrons. The van der Waals surface area contributed by atoms with E-state index in [1.807, 2.05) is 6.07 Å². The molecule has 0 atom stereocenters. The van der Waals surface area contributed by atoms with Gasteiger partial charge in [-0.25, -0.2) is 0 Å². The zero-order valence-electron chi connectivity index (χ0n) is 14.0. The maximum absolute atomic E-state index is 12.9. The highest BCUT2D eigenvalue weighted by molar-refractivity contribution is 5.83. The fraction of sp³-hybridized carbons (Fsp3) is 0.526. The Morgan fingerprint density at radius 3 is 2.41 bits per heavy atom. The van der Waals surface area contributed by atoms with Crippen LogP contribution in [0.3, 0.4) is 0 Å². The molecule has 3 rings (SSSR count). The summed E-state index contributed by atoms with van der Waals surface area (Å²) in [7, 11) is 0. The molecule has 1 aliphatic heterocycles. The summed E-state index contributed by atoms with van der Waals surface area (Å²) < 4.78 is 0. The van der Waals surface area contributed by atoms with Crippen molar-refractivity contribution in [2.75, 3.05) is 13.1 Å². The average molecular weight is 299 g/mol. The Balaban J connectivity index is 2.03. The summed E-state index contributed by atoms with van der Waals surface area (Å²) in [5.74, 6) is 0. The lowest BCUT2D eigenvalue weighted by molar-refractivity contribution is -0.913. The summed E-state index contributed by atoms with van der Waals surface area (Å²) in [6, 6.07) is 4.04. The maximum atomic E-state index is 12.9. The number of pyridine rings is 1. The second kappa shape index (κ2) is 6.25. The van der Waals surface area contributed by atoms with Crippen LogP contribution in [0.1, 0.15) is 48.1 Å². The molecule has 2 heterocycles. The summed E-state index contributed by atoms with van der Waals surface area (Å²) in [6.07, 6.45) is 5.26. The van der Waals surface area contributed by atoms with Gasteiger partial charge >= 0.3 is 0 Å². The van der Waals surface area contributed by atoms with E-state index in [0.29, 0.717) is 0 Å². The van der Waals surface area contributed by atoms with Crippen molar-refractivity contribution in [3.8, 4) is 0 Å². The van der Waals surface area contributed by atoms with E-state index in [1.165, 1.54) is 49.9 Å². The van der Waals surface area contributed by atoms with E-state index in [0.717, 1.165) is 28.7 Å². The number of benzene rings is 1. The van der Waals surface area contributed by atoms with Crippen LogP contribution in [0.25, 0.3) is 10.9 Å². The summed E-state index contributed by atoms with van der Waals surface area (Å²) in [5.41, 5.74) is 5.68. The lowest BCUT2D eigenvalue weighted by Gasteiger charge is -2.18. The van der Waals surface area contributed by atoms with Crippen LogP contribution in [-0.4, -0.2) is 18.1 Å². The highest BCUT2D eigenvalue weighted by Gasteiger charge is 2.18. The van der Waals surface area contributed by atoms with Gasteiger partial charge in [0.05, 0.1) is 24.2 Å². The molecule has 1 aliphatic rings. The van der Waals surface area contributed by atoms with Crippen LogP contribution in [0.2, 0.25) is 0 Å². The monoisotopic (exact) mass is 299 g/mol. The Hall–Kier alpha value is -1.61. The number of fused-ring (bicyclic) bond motifs is 1. The molecule has 3 nitrogen and oxygen atoms in total. The minimum absolute atomic E-state index is 0.228. The van der Waals surface area contributed by atoms with E-state index < -0.39 is 0 Å². The molecule has 1 fully saturated rings. The normalized spacial score (nSPS) is 16.9. The number of aryl methyl sites for hydroxylation is 3. The lowest BCUT2D eigenvalue weighted by Crippen LogP contribution is -3.10. The van der Waals surface area contributed by atoms with Crippen molar-refractivity contribution in [2.24, 2.45) is 0 Å². The number of nitrogens with one attached hydrogen (secondary N) is 2. The summed E-state index contributed by atoms with van der Waals surface area (Å²) in [5, 5.41) is 0.845. The summed E-state index contributed by atoms with van der Waals surface area (Å²) in [6.45, 7) is 9.50. The molecule has 1 saturated heterocycles. The van der Waals surface area contributed by atoms with Crippen molar-refractivity contribution in [2.45, 2.75) is 53.0 Å². The minimum atomic E-state index is 0.228. The van der Waals surface area contributed by atoms with Crippen LogP contribution in [0.15, 0.2) is 16.9 Å². The van der Waals surface area contributed by atoms with Crippen LogP contribution in [0.4, 0.5) is 0 Å². The Kier molecular flexibility index (Phi) is 4.34. The number of H-pyrrole nitrogens is 1. The molecule has 0 bridgehead atoms. The van der Waals surface area contributed by atoms with E-state index in [2.05, 4.69) is 31.8 Å². The molecule has 0 unspecified atom stereocenters. The van der Waals surface area contributed by atoms with Gasteiger partial charge in [-0.1, -0.05) is 6.07 Å². The molecule has 0 saturated carbocycles. The fourth-order valence-electron chi connectivity index (χ4n) is 3.63. The molecule has 22 heavy (non-hydrogen) atoms. The van der Waals surface area contributed by atoms with Gasteiger partial charge in [0, 0.05) is 11.1 Å². The minimum Gasteiger partial charge on any atom is -0.358 e. The second-order valence-electron chi connectivity index (χ2n) is 6.83. The second-order valence-corrected chi connectivity index (χ2v) is 6.83. The first-order valence-electron chi connectivity index (χ1n) is 8.53. The quantitative estimate of drug-likeness (QED) is 0.878. The third kappa shape index (κ3) is 2.82. The largest absolute Gasteiger partial charge is 0.358 e. The molecule has 2 N–H and O–H groups in total. The van der Waals surface area contributed by atoms with Crippen molar-refractivity contribution in [1.29, 1.82) is 0 Å². The number of rotatable bonds is 2. The molecular weight excluding hydrogens is 272 g/mol. The summed E-state index contributed by atoms with van der Waals surface area (Å²) >= 11 is 0. The van der Waals surface area contributed by atoms with Crippen molar-refractivity contribution < 1.29 is 4.90 Å². The van der Waals surface area contributed by atoms with Crippen LogP contribution in [-0.2, 0) is 6.54 Å². The van der Waals surface area contributed by atoms with Gasteiger partial charge in [0.2, 0.25) is 0 Å². The van der Waals surface area contributed by atoms with Crippen molar-refractivity contribution >= 4 is 10.9 Å². The van der Waals surface area contributed by atoms with E-state index in [4.69, 9.17) is 0 Å². The molecule has 0 spiro atoms. The number of hydrogen-bond donors (Lipinski definition) is 2. The van der Waals surface area contributed by atoms with Gasteiger partial charge in [-0.15, -0.1) is 0 Å². The number of quaternary nitrogens is 1. The first-order valence-corrected chi connectivity index (χ1v) is 8.53. The highest BCUT2D eigenvalue weighted by atomic mass is 16.1. The topological polar surface area (TPSA) is 37.3 Å². The van der Waals surface area contributed by atoms with Crippen molar-refractivity contribution in [3.05, 3.63) is 44.7 Å². The first kappa shape index (κ1) is 15.3. The maximum Gasteiger partial charge on any atom is 0.198 e. The predicted molar refractivity (Wildman–Crippen MR) is 91.6 cm³/mol. The Morgan fingerprint density at radius 2 is 1.73 bits per heavy atom. The van der Waals surface area contributed by atoms with Gasteiger partial charge in [0.25, 0.3) is 0 Å². The third-order valence-corrected chi connectivity index (χ3v) is 5.26. The van der Waals surface area contributed by atoms with E-state index in [-0.39, 0.29) is 5.43 Å². The Labute approximate surface area is 132 Å². The molecule has 1 aromatic heterocycles. The average Bonchev–Trinajstić information content (AvgIpc) is 2.76. The molecule has 3 heteroatoms. The summed E-state index contributed by atoms with van der Waals surface area (Å²) in [4.78, 5) is 18.0. The standard InChI is InChI=1S/C19H26N2O/c1-13-8-9-16-18(14(13)2)20-15(3)17(19(16)22)12-21-10-6-4-5-7-11-21/h8-9H,4-7,10-12H2,1-3H3,(H,20,22)/p+1. The van der Waals surface area contributed by atoms with Gasteiger partial charge in [-0.2, -0.15) is 0 Å². The van der Waals surface area contributed by atoms with Gasteiger partial charge in [0.1, 0.15) is 6.54 Å². The van der Waals surface area contributed by atoms with Crippen LogP contribution >= 0.6 is 0 Å². The SMILES string of the molecule is Cc1ccc2c(=O)c(C[NH+]3CCCCCC3)c(C)[nH]c2c1C. The van der Waals surface area contributed by atoms with E-state index >= 15 is 0 Å². The number of aromatic nitrogens is 1.